The molecule has 0 spiro atoms. The van der Waals surface area contributed by atoms with Crippen LogP contribution in [0.4, 0.5) is 0 Å². The second-order valence-corrected chi connectivity index (χ2v) is 35.7. The van der Waals surface area contributed by atoms with Crippen LogP contribution < -0.4 is 0 Å². The van der Waals surface area contributed by atoms with Crippen LogP contribution in [0.1, 0.15) is 51.9 Å². The zero-order chi connectivity index (χ0) is 29.4. The summed E-state index contributed by atoms with van der Waals surface area (Å²) in [6.07, 6.45) is 6.24. The fraction of sp³-hybridized carbons (Fsp3) is 0.917. The zero-order valence-corrected chi connectivity index (χ0v) is 32.4. The van der Waals surface area contributed by atoms with E-state index in [0.29, 0.717) is 12.5 Å². The Morgan fingerprint density at radius 2 is 1.29 bits per heavy atom. The van der Waals surface area contributed by atoms with E-state index in [9.17, 15) is 9.59 Å². The summed E-state index contributed by atoms with van der Waals surface area (Å²) >= 11 is 0. The molecule has 4 atom stereocenters. The van der Waals surface area contributed by atoms with Gasteiger partial charge in [-0.1, -0.05) is 39.0 Å². The maximum absolute atomic E-state index is 12.0. The lowest BCUT2D eigenvalue weighted by molar-refractivity contribution is -0.153. The minimum absolute atomic E-state index is 0.169. The molecule has 0 amide bonds. The number of rotatable bonds is 19. The van der Waals surface area contributed by atoms with Gasteiger partial charge in [0.2, 0.25) is 0 Å². The Labute approximate surface area is 239 Å². The van der Waals surface area contributed by atoms with E-state index in [4.69, 9.17) is 25.3 Å². The summed E-state index contributed by atoms with van der Waals surface area (Å²) in [5, 5.41) is 0. The van der Waals surface area contributed by atoms with E-state index < -0.39 is 63.5 Å². The van der Waals surface area contributed by atoms with Crippen molar-refractivity contribution >= 4 is 63.5 Å². The van der Waals surface area contributed by atoms with Crippen molar-refractivity contribution in [1.82, 2.24) is 0 Å². The van der Waals surface area contributed by atoms with Gasteiger partial charge < -0.3 is 25.3 Å². The molecule has 4 unspecified atom stereocenters. The number of hydrogen-bond acceptors (Lipinski definition) is 8. The molecule has 38 heavy (non-hydrogen) atoms. The summed E-state index contributed by atoms with van der Waals surface area (Å²) in [4.78, 5) is 23.5. The standard InChI is InChI=1S/C24H56O8Si6/c1-13-14-15-16-19-37(11,31-35(6,7)8)28-33(2)29-38(12,32-36(9,10)30-34(3,4)5)20-17-18-22-21-23(25)27-24(22)26/h22,33H,13-21H2,1-12H3. The van der Waals surface area contributed by atoms with Crippen molar-refractivity contribution in [2.24, 2.45) is 5.92 Å². The second kappa shape index (κ2) is 14.9. The predicted octanol–water partition coefficient (Wildman–Crippen LogP) is 6.89. The molecule has 0 N–H and O–H groups in total. The summed E-state index contributed by atoms with van der Waals surface area (Å²) in [5.41, 5.74) is 0. The molecule has 1 rings (SSSR count). The van der Waals surface area contributed by atoms with Gasteiger partial charge in [-0.2, -0.15) is 0 Å². The molecule has 0 bridgehead atoms. The van der Waals surface area contributed by atoms with Crippen LogP contribution in [-0.2, 0) is 34.9 Å². The predicted molar refractivity (Wildman–Crippen MR) is 168 cm³/mol. The van der Waals surface area contributed by atoms with E-state index in [-0.39, 0.29) is 12.3 Å². The molecule has 1 heterocycles. The van der Waals surface area contributed by atoms with Crippen LogP contribution in [0.5, 0.6) is 0 Å². The van der Waals surface area contributed by atoms with Crippen molar-refractivity contribution in [2.45, 2.75) is 136 Å². The van der Waals surface area contributed by atoms with Crippen LogP contribution in [0.15, 0.2) is 0 Å². The van der Waals surface area contributed by atoms with Crippen LogP contribution in [-0.4, -0.2) is 63.5 Å². The van der Waals surface area contributed by atoms with E-state index >= 15 is 0 Å². The van der Waals surface area contributed by atoms with Crippen LogP contribution in [0, 0.1) is 5.92 Å². The topological polar surface area (TPSA) is 89.5 Å². The molecule has 8 nitrogen and oxygen atoms in total. The molecule has 224 valence electrons. The number of ether oxygens (including phenoxy) is 1. The summed E-state index contributed by atoms with van der Waals surface area (Å²) in [7, 11) is -13.3. The molecule has 0 aromatic heterocycles. The maximum atomic E-state index is 12.0. The molecule has 0 saturated carbocycles. The van der Waals surface area contributed by atoms with Crippen LogP contribution >= 0.6 is 0 Å². The van der Waals surface area contributed by atoms with Crippen molar-refractivity contribution in [3.63, 3.8) is 0 Å². The monoisotopic (exact) mass is 640 g/mol. The Bertz CT molecular complexity index is 772. The van der Waals surface area contributed by atoms with Gasteiger partial charge in [-0.3, -0.25) is 9.59 Å². The Hall–Kier alpha value is 0.241. The molecular weight excluding hydrogens is 585 g/mol. The first kappa shape index (κ1) is 36.3. The van der Waals surface area contributed by atoms with Gasteiger partial charge in [-0.15, -0.1) is 0 Å². The van der Waals surface area contributed by atoms with Gasteiger partial charge in [0.15, 0.2) is 16.6 Å². The van der Waals surface area contributed by atoms with Gasteiger partial charge in [0.05, 0.1) is 12.3 Å². The fourth-order valence-electron chi connectivity index (χ4n) is 5.20. The van der Waals surface area contributed by atoms with E-state index in [1.54, 1.807) is 0 Å². The lowest BCUT2D eigenvalue weighted by Gasteiger charge is -2.41. The highest BCUT2D eigenvalue weighted by Gasteiger charge is 2.45. The van der Waals surface area contributed by atoms with Crippen LogP contribution in [0.2, 0.25) is 84.1 Å². The third-order valence-corrected chi connectivity index (χ3v) is 27.4. The van der Waals surface area contributed by atoms with Crippen molar-refractivity contribution < 1.29 is 34.9 Å². The van der Waals surface area contributed by atoms with E-state index in [2.05, 4.69) is 78.9 Å². The molecule has 14 heteroatoms. The van der Waals surface area contributed by atoms with Gasteiger partial charge >= 0.3 is 46.9 Å². The Morgan fingerprint density at radius 1 is 0.763 bits per heavy atom. The summed E-state index contributed by atoms with van der Waals surface area (Å²) in [6.45, 7) is 26.0. The third-order valence-electron chi connectivity index (χ3n) is 6.00. The van der Waals surface area contributed by atoms with Gasteiger partial charge in [-0.05, 0) is 90.5 Å². The summed E-state index contributed by atoms with van der Waals surface area (Å²) in [6, 6.07) is 1.69. The normalized spacial score (nSPS) is 21.2. The van der Waals surface area contributed by atoms with E-state index in [0.717, 1.165) is 18.9 Å². The van der Waals surface area contributed by atoms with Crippen molar-refractivity contribution in [1.29, 1.82) is 0 Å². The largest absolute Gasteiger partial charge is 0.437 e. The molecule has 1 aliphatic rings. The molecule has 0 aliphatic carbocycles. The highest BCUT2D eigenvalue weighted by molar-refractivity contribution is 6.88. The minimum atomic E-state index is -2.72. The Morgan fingerprint density at radius 3 is 1.76 bits per heavy atom. The molecule has 0 radical (unpaired) electrons. The first-order valence-electron chi connectivity index (χ1n) is 14.4. The smallest absolute Gasteiger partial charge is 0.317 e. The van der Waals surface area contributed by atoms with Crippen molar-refractivity contribution in [3.8, 4) is 0 Å². The molecule has 1 fully saturated rings. The maximum Gasteiger partial charge on any atom is 0.317 e. The Balaban J connectivity index is 3.01. The zero-order valence-electron chi connectivity index (χ0n) is 26.3. The van der Waals surface area contributed by atoms with Crippen molar-refractivity contribution in [2.75, 3.05) is 0 Å². The number of carbonyl (C=O) groups excluding carboxylic acids is 2. The Kier molecular flexibility index (Phi) is 14.2. The number of hydrogen-bond donors (Lipinski definition) is 0. The third kappa shape index (κ3) is 15.3. The SMILES string of the molecule is CCCCCC[Si](C)(O[SiH](C)O[Si](C)(CCCC1CC(=O)OC1=O)O[Si](C)(C)O[Si](C)(C)C)O[Si](C)(C)C. The average Bonchev–Trinajstić information content (AvgIpc) is 2.97. The minimum Gasteiger partial charge on any atom is -0.437 e. The number of cyclic esters (lactones) is 2. The van der Waals surface area contributed by atoms with E-state index in [1.807, 2.05) is 0 Å². The molecule has 0 aromatic rings. The van der Waals surface area contributed by atoms with Gasteiger partial charge in [0.1, 0.15) is 0 Å². The lowest BCUT2D eigenvalue weighted by Crippen LogP contribution is -2.57. The number of unbranched alkanes of at least 4 members (excludes halogenated alkanes) is 3. The fourth-order valence-corrected chi connectivity index (χ4v) is 32.0. The van der Waals surface area contributed by atoms with E-state index in [1.165, 1.54) is 19.3 Å². The molecular formula is C24H56O8Si6. The molecule has 1 saturated heterocycles. The molecule has 0 aromatic carbocycles. The van der Waals surface area contributed by atoms with Gasteiger partial charge in [0.25, 0.3) is 0 Å². The van der Waals surface area contributed by atoms with Crippen LogP contribution in [0.3, 0.4) is 0 Å². The number of carbonyl (C=O) groups is 2. The average molecular weight is 641 g/mol. The highest BCUT2D eigenvalue weighted by atomic mass is 28.5. The highest BCUT2D eigenvalue weighted by Crippen LogP contribution is 2.31. The first-order valence-corrected chi connectivity index (χ1v) is 31.1. The van der Waals surface area contributed by atoms with Crippen LogP contribution in [0.25, 0.3) is 0 Å². The quantitative estimate of drug-likeness (QED) is 0.0653. The molecule has 1 aliphatic heterocycles. The summed E-state index contributed by atoms with van der Waals surface area (Å²) in [5.74, 6) is -1.19. The van der Waals surface area contributed by atoms with Gasteiger partial charge in [-0.25, -0.2) is 0 Å². The first-order chi connectivity index (χ1) is 17.2. The lowest BCUT2D eigenvalue weighted by atomic mass is 10.0. The second-order valence-electron chi connectivity index (χ2n) is 13.4. The summed E-state index contributed by atoms with van der Waals surface area (Å²) < 4.78 is 38.4. The van der Waals surface area contributed by atoms with Gasteiger partial charge in [0, 0.05) is 0 Å². The number of esters is 2. The van der Waals surface area contributed by atoms with Crippen molar-refractivity contribution in [3.05, 3.63) is 0 Å².